The molecule has 1 aliphatic carbocycles. The first-order valence-electron chi connectivity index (χ1n) is 6.36. The predicted molar refractivity (Wildman–Crippen MR) is 67.7 cm³/mol. The van der Waals surface area contributed by atoms with Crippen molar-refractivity contribution in [3.63, 3.8) is 0 Å². The molecule has 17 heavy (non-hydrogen) atoms. The Morgan fingerprint density at radius 3 is 2.65 bits per heavy atom. The van der Waals surface area contributed by atoms with Gasteiger partial charge in [-0.2, -0.15) is 0 Å². The number of amides is 1. The van der Waals surface area contributed by atoms with Gasteiger partial charge in [-0.1, -0.05) is 0 Å². The van der Waals surface area contributed by atoms with Gasteiger partial charge in [0.05, 0.1) is 6.42 Å². The average molecular weight is 235 g/mol. The molecule has 3 N–H and O–H groups in total. The van der Waals surface area contributed by atoms with Crippen LogP contribution in [0, 0.1) is 0 Å². The van der Waals surface area contributed by atoms with Gasteiger partial charge >= 0.3 is 0 Å². The summed E-state index contributed by atoms with van der Waals surface area (Å²) in [5, 5.41) is 6.42. The molecule has 1 saturated carbocycles. The van der Waals surface area contributed by atoms with Crippen LogP contribution >= 0.6 is 0 Å². The second-order valence-corrected chi connectivity index (χ2v) is 4.80. The van der Waals surface area contributed by atoms with Crippen molar-refractivity contribution in [2.75, 3.05) is 7.05 Å². The number of carbonyl (C=O) groups excluding carboxylic acids is 1. The molecule has 1 aromatic rings. The van der Waals surface area contributed by atoms with Crippen molar-refractivity contribution < 1.29 is 4.79 Å². The molecule has 1 heterocycles. The Labute approximate surface area is 102 Å². The van der Waals surface area contributed by atoms with Gasteiger partial charge in [0.1, 0.15) is 0 Å². The van der Waals surface area contributed by atoms with Gasteiger partial charge in [0.2, 0.25) is 5.91 Å². The minimum atomic E-state index is 0.137. The van der Waals surface area contributed by atoms with E-state index in [-0.39, 0.29) is 5.91 Å². The van der Waals surface area contributed by atoms with E-state index in [1.54, 1.807) is 0 Å². The lowest BCUT2D eigenvalue weighted by atomic mass is 9.91. The molecule has 4 heteroatoms. The summed E-state index contributed by atoms with van der Waals surface area (Å²) in [4.78, 5) is 14.8. The molecule has 0 radical (unpaired) electrons. The SMILES string of the molecule is CNC1CCC(NC(=O)Cc2cc[nH]c2)CC1. The van der Waals surface area contributed by atoms with Gasteiger partial charge in [0, 0.05) is 24.5 Å². The fourth-order valence-electron chi connectivity index (χ4n) is 2.46. The Kier molecular flexibility index (Phi) is 4.20. The highest BCUT2D eigenvalue weighted by Gasteiger charge is 2.21. The van der Waals surface area contributed by atoms with Gasteiger partial charge in [-0.15, -0.1) is 0 Å². The smallest absolute Gasteiger partial charge is 0.224 e. The molecule has 0 atom stereocenters. The van der Waals surface area contributed by atoms with E-state index in [1.165, 1.54) is 0 Å². The Bertz CT molecular complexity index is 340. The maximum atomic E-state index is 11.8. The lowest BCUT2D eigenvalue weighted by molar-refractivity contribution is -0.121. The van der Waals surface area contributed by atoms with Gasteiger partial charge in [0.25, 0.3) is 0 Å². The number of rotatable bonds is 4. The summed E-state index contributed by atoms with van der Waals surface area (Å²) in [5.74, 6) is 0.137. The van der Waals surface area contributed by atoms with Crippen LogP contribution in [0.1, 0.15) is 31.2 Å². The van der Waals surface area contributed by atoms with Crippen LogP contribution in [0.3, 0.4) is 0 Å². The van der Waals surface area contributed by atoms with Crippen molar-refractivity contribution in [3.05, 3.63) is 24.0 Å². The molecule has 0 aromatic carbocycles. The quantitative estimate of drug-likeness (QED) is 0.734. The van der Waals surface area contributed by atoms with Crippen LogP contribution in [-0.2, 0) is 11.2 Å². The largest absolute Gasteiger partial charge is 0.367 e. The van der Waals surface area contributed by atoms with E-state index in [0.717, 1.165) is 31.2 Å². The van der Waals surface area contributed by atoms with E-state index >= 15 is 0 Å². The van der Waals surface area contributed by atoms with Gasteiger partial charge in [-0.3, -0.25) is 4.79 Å². The number of aromatic nitrogens is 1. The Morgan fingerprint density at radius 2 is 2.06 bits per heavy atom. The summed E-state index contributed by atoms with van der Waals surface area (Å²) in [7, 11) is 2.01. The molecule has 1 fully saturated rings. The minimum Gasteiger partial charge on any atom is -0.367 e. The predicted octanol–water partition coefficient (Wildman–Crippen LogP) is 1.20. The summed E-state index contributed by atoms with van der Waals surface area (Å²) in [6.45, 7) is 0. The number of hydrogen-bond acceptors (Lipinski definition) is 2. The lowest BCUT2D eigenvalue weighted by Crippen LogP contribution is -2.41. The van der Waals surface area contributed by atoms with E-state index in [2.05, 4.69) is 15.6 Å². The van der Waals surface area contributed by atoms with Gasteiger partial charge in [-0.05, 0) is 44.4 Å². The highest BCUT2D eigenvalue weighted by molar-refractivity contribution is 5.78. The monoisotopic (exact) mass is 235 g/mol. The number of H-pyrrole nitrogens is 1. The van der Waals surface area contributed by atoms with Crippen LogP contribution in [0.15, 0.2) is 18.5 Å². The first kappa shape index (κ1) is 12.2. The molecule has 1 amide bonds. The van der Waals surface area contributed by atoms with Crippen molar-refractivity contribution in [3.8, 4) is 0 Å². The highest BCUT2D eigenvalue weighted by atomic mass is 16.1. The summed E-state index contributed by atoms with van der Waals surface area (Å²) < 4.78 is 0. The average Bonchev–Trinajstić information content (AvgIpc) is 2.82. The maximum absolute atomic E-state index is 11.8. The zero-order chi connectivity index (χ0) is 12.1. The van der Waals surface area contributed by atoms with Gasteiger partial charge in [0.15, 0.2) is 0 Å². The molecule has 1 aromatic heterocycles. The van der Waals surface area contributed by atoms with E-state index < -0.39 is 0 Å². The van der Waals surface area contributed by atoms with Crippen LogP contribution in [0.4, 0.5) is 0 Å². The molecule has 0 aliphatic heterocycles. The van der Waals surface area contributed by atoms with E-state index in [4.69, 9.17) is 0 Å². The lowest BCUT2D eigenvalue weighted by Gasteiger charge is -2.28. The van der Waals surface area contributed by atoms with Crippen molar-refractivity contribution in [2.45, 2.75) is 44.2 Å². The van der Waals surface area contributed by atoms with Crippen LogP contribution in [0.5, 0.6) is 0 Å². The molecular formula is C13H21N3O. The summed E-state index contributed by atoms with van der Waals surface area (Å²) in [6.07, 6.45) is 8.69. The number of nitrogens with one attached hydrogen (secondary N) is 3. The molecule has 0 saturated heterocycles. The molecule has 0 bridgehead atoms. The molecule has 0 unspecified atom stereocenters. The van der Waals surface area contributed by atoms with Crippen LogP contribution in [0.2, 0.25) is 0 Å². The molecule has 1 aliphatic rings. The highest BCUT2D eigenvalue weighted by Crippen LogP contribution is 2.18. The number of hydrogen-bond donors (Lipinski definition) is 3. The molecular weight excluding hydrogens is 214 g/mol. The zero-order valence-electron chi connectivity index (χ0n) is 10.3. The fourth-order valence-corrected chi connectivity index (χ4v) is 2.46. The van der Waals surface area contributed by atoms with Gasteiger partial charge < -0.3 is 15.6 Å². The van der Waals surface area contributed by atoms with Crippen LogP contribution in [-0.4, -0.2) is 30.0 Å². The van der Waals surface area contributed by atoms with Crippen molar-refractivity contribution in [1.82, 2.24) is 15.6 Å². The first-order valence-corrected chi connectivity index (χ1v) is 6.36. The third kappa shape index (κ3) is 3.60. The second-order valence-electron chi connectivity index (χ2n) is 4.80. The zero-order valence-corrected chi connectivity index (χ0v) is 10.3. The normalized spacial score (nSPS) is 24.5. The standard InChI is InChI=1S/C13H21N3O/c1-14-11-2-4-12(5-3-11)16-13(17)8-10-6-7-15-9-10/h6-7,9,11-12,14-15H,2-5,8H2,1H3,(H,16,17). The van der Waals surface area contributed by atoms with E-state index in [9.17, 15) is 4.79 Å². The molecule has 0 spiro atoms. The van der Waals surface area contributed by atoms with Crippen molar-refractivity contribution in [1.29, 1.82) is 0 Å². The Hall–Kier alpha value is -1.29. The second kappa shape index (κ2) is 5.87. The Morgan fingerprint density at radius 1 is 1.35 bits per heavy atom. The molecule has 2 rings (SSSR count). The molecule has 94 valence electrons. The minimum absolute atomic E-state index is 0.137. The Balaban J connectivity index is 1.72. The third-order valence-electron chi connectivity index (χ3n) is 3.53. The first-order chi connectivity index (χ1) is 8.28. The summed E-state index contributed by atoms with van der Waals surface area (Å²) in [5.41, 5.74) is 1.05. The van der Waals surface area contributed by atoms with Crippen molar-refractivity contribution in [2.24, 2.45) is 0 Å². The summed E-state index contributed by atoms with van der Waals surface area (Å²) in [6, 6.07) is 2.94. The van der Waals surface area contributed by atoms with E-state index in [1.807, 2.05) is 25.5 Å². The van der Waals surface area contributed by atoms with Gasteiger partial charge in [-0.25, -0.2) is 0 Å². The number of aromatic amines is 1. The van der Waals surface area contributed by atoms with E-state index in [0.29, 0.717) is 18.5 Å². The fraction of sp³-hybridized carbons (Fsp3) is 0.615. The van der Waals surface area contributed by atoms with Crippen LogP contribution < -0.4 is 10.6 Å². The van der Waals surface area contributed by atoms with Crippen LogP contribution in [0.25, 0.3) is 0 Å². The maximum Gasteiger partial charge on any atom is 0.224 e. The topological polar surface area (TPSA) is 56.9 Å². The summed E-state index contributed by atoms with van der Waals surface area (Å²) >= 11 is 0. The number of carbonyl (C=O) groups is 1. The third-order valence-corrected chi connectivity index (χ3v) is 3.53. The molecule has 4 nitrogen and oxygen atoms in total. The van der Waals surface area contributed by atoms with Crippen molar-refractivity contribution >= 4 is 5.91 Å².